The monoisotopic (exact) mass is 352 g/mol. The number of hydrogen-bond acceptors (Lipinski definition) is 3. The van der Waals surface area contributed by atoms with Crippen LogP contribution in [0.15, 0.2) is 36.7 Å². The Morgan fingerprint density at radius 2 is 2.00 bits per heavy atom. The zero-order chi connectivity index (χ0) is 18.8. The molecule has 2 aromatic rings. The maximum absolute atomic E-state index is 12.6. The molecule has 134 valence electrons. The van der Waals surface area contributed by atoms with Crippen molar-refractivity contribution >= 4 is 5.91 Å². The lowest BCUT2D eigenvalue weighted by Gasteiger charge is -2.20. The van der Waals surface area contributed by atoms with E-state index in [0.29, 0.717) is 24.3 Å². The third kappa shape index (κ3) is 4.07. The van der Waals surface area contributed by atoms with Crippen molar-refractivity contribution in [3.63, 3.8) is 0 Å². The maximum atomic E-state index is 12.6. The number of carbonyl (C=O) groups is 1. The van der Waals surface area contributed by atoms with Gasteiger partial charge in [-0.05, 0) is 32.9 Å². The van der Waals surface area contributed by atoms with E-state index in [1.807, 2.05) is 13.8 Å². The molecule has 2 aromatic heterocycles. The highest BCUT2D eigenvalue weighted by Gasteiger charge is 2.31. The number of alkyl halides is 3. The Balaban J connectivity index is 2.32. The highest BCUT2D eigenvalue weighted by Crippen LogP contribution is 2.28. The Morgan fingerprint density at radius 1 is 1.32 bits per heavy atom. The van der Waals surface area contributed by atoms with Crippen molar-refractivity contribution in [3.05, 3.63) is 53.5 Å². The van der Waals surface area contributed by atoms with Crippen LogP contribution in [0.2, 0.25) is 0 Å². The normalized spacial score (nSPS) is 11.4. The first-order valence-corrected chi connectivity index (χ1v) is 7.67. The van der Waals surface area contributed by atoms with Gasteiger partial charge >= 0.3 is 6.18 Å². The first-order chi connectivity index (χ1) is 11.6. The first-order valence-electron chi connectivity index (χ1n) is 7.67. The molecule has 25 heavy (non-hydrogen) atoms. The van der Waals surface area contributed by atoms with Crippen LogP contribution in [0.3, 0.4) is 0 Å². The predicted octanol–water partition coefficient (Wildman–Crippen LogP) is 3.63. The topological polar surface area (TPSA) is 51.0 Å². The third-order valence-electron chi connectivity index (χ3n) is 3.66. The number of rotatable bonds is 5. The summed E-state index contributed by atoms with van der Waals surface area (Å²) in [6.07, 6.45) is -2.30. The van der Waals surface area contributed by atoms with E-state index in [9.17, 15) is 18.0 Å². The highest BCUT2D eigenvalue weighted by molar-refractivity contribution is 5.95. The van der Waals surface area contributed by atoms with Gasteiger partial charge in [-0.15, -0.1) is 0 Å². The lowest BCUT2D eigenvalue weighted by atomic mass is 10.2. The summed E-state index contributed by atoms with van der Waals surface area (Å²) in [5.41, 5.74) is 0.905. The zero-order valence-electron chi connectivity index (χ0n) is 14.3. The molecule has 1 amide bonds. The van der Waals surface area contributed by atoms with E-state index >= 15 is 0 Å². The van der Waals surface area contributed by atoms with Crippen LogP contribution < -0.4 is 0 Å². The molecule has 2 rings (SSSR count). The number of hydrogen-bond donors (Lipinski definition) is 0. The second-order valence-corrected chi connectivity index (χ2v) is 5.73. The van der Waals surface area contributed by atoms with Gasteiger partial charge in [0.1, 0.15) is 0 Å². The van der Waals surface area contributed by atoms with E-state index < -0.39 is 11.7 Å². The molecule has 0 saturated carbocycles. The zero-order valence-corrected chi connectivity index (χ0v) is 14.3. The largest absolute Gasteiger partial charge is 0.417 e. The molecule has 0 radical (unpaired) electrons. The Morgan fingerprint density at radius 3 is 2.48 bits per heavy atom. The first kappa shape index (κ1) is 18.7. The standard InChI is InChI=1S/C17H19F3N4O/c1-5-23(10-11(2)3)16(25)14-9-22-24(12(14)4)15-7-6-13(8-21-15)17(18,19)20/h6-9H,2,5,10H2,1,3-4H3. The number of amides is 1. The molecule has 2 heterocycles. The fourth-order valence-corrected chi connectivity index (χ4v) is 2.35. The number of pyridine rings is 1. The van der Waals surface area contributed by atoms with E-state index in [1.54, 1.807) is 11.8 Å². The molecule has 0 atom stereocenters. The summed E-state index contributed by atoms with van der Waals surface area (Å²) in [5, 5.41) is 4.10. The Hall–Kier alpha value is -2.64. The predicted molar refractivity (Wildman–Crippen MR) is 87.5 cm³/mol. The highest BCUT2D eigenvalue weighted by atomic mass is 19.4. The van der Waals surface area contributed by atoms with Gasteiger partial charge < -0.3 is 4.90 Å². The average Bonchev–Trinajstić information content (AvgIpc) is 2.92. The lowest BCUT2D eigenvalue weighted by molar-refractivity contribution is -0.137. The van der Waals surface area contributed by atoms with Crippen LogP contribution in [0.1, 0.15) is 35.5 Å². The van der Waals surface area contributed by atoms with Crippen molar-refractivity contribution in [2.24, 2.45) is 0 Å². The summed E-state index contributed by atoms with van der Waals surface area (Å²) < 4.78 is 39.2. The van der Waals surface area contributed by atoms with E-state index in [2.05, 4.69) is 16.7 Å². The van der Waals surface area contributed by atoms with Crippen LogP contribution in [0.5, 0.6) is 0 Å². The Kier molecular flexibility index (Phi) is 5.30. The van der Waals surface area contributed by atoms with Gasteiger partial charge in [-0.25, -0.2) is 9.67 Å². The molecule has 5 nitrogen and oxygen atoms in total. The summed E-state index contributed by atoms with van der Waals surface area (Å²) in [5.74, 6) is 0.00802. The number of carbonyl (C=O) groups excluding carboxylic acids is 1. The Bertz CT molecular complexity index is 778. The number of halogens is 3. The van der Waals surface area contributed by atoms with Crippen LogP contribution in [0, 0.1) is 6.92 Å². The average molecular weight is 352 g/mol. The second-order valence-electron chi connectivity index (χ2n) is 5.73. The number of nitrogens with zero attached hydrogens (tertiary/aromatic N) is 4. The van der Waals surface area contributed by atoms with Crippen LogP contribution in [0.4, 0.5) is 13.2 Å². The van der Waals surface area contributed by atoms with Gasteiger partial charge in [-0.3, -0.25) is 4.79 Å². The van der Waals surface area contributed by atoms with E-state index in [1.165, 1.54) is 16.9 Å². The quantitative estimate of drug-likeness (QED) is 0.772. The minimum absolute atomic E-state index is 0.207. The molecule has 0 aliphatic heterocycles. The molecule has 0 aliphatic rings. The van der Waals surface area contributed by atoms with Crippen molar-refractivity contribution in [1.29, 1.82) is 0 Å². The van der Waals surface area contributed by atoms with Gasteiger partial charge in [-0.1, -0.05) is 12.2 Å². The molecule has 0 N–H and O–H groups in total. The minimum atomic E-state index is -4.45. The fraction of sp³-hybridized carbons (Fsp3) is 0.353. The van der Waals surface area contributed by atoms with Gasteiger partial charge in [-0.2, -0.15) is 18.3 Å². The van der Waals surface area contributed by atoms with Gasteiger partial charge in [0.25, 0.3) is 5.91 Å². The van der Waals surface area contributed by atoms with Crippen molar-refractivity contribution in [1.82, 2.24) is 19.7 Å². The van der Waals surface area contributed by atoms with Crippen LogP contribution >= 0.6 is 0 Å². The van der Waals surface area contributed by atoms with Crippen molar-refractivity contribution in [2.75, 3.05) is 13.1 Å². The molecule has 0 aliphatic carbocycles. The van der Waals surface area contributed by atoms with E-state index in [4.69, 9.17) is 0 Å². The van der Waals surface area contributed by atoms with Crippen molar-refractivity contribution < 1.29 is 18.0 Å². The van der Waals surface area contributed by atoms with E-state index in [0.717, 1.165) is 17.8 Å². The molecule has 0 saturated heterocycles. The van der Waals surface area contributed by atoms with Crippen LogP contribution in [-0.2, 0) is 6.18 Å². The Labute approximate surface area is 143 Å². The summed E-state index contributed by atoms with van der Waals surface area (Å²) in [4.78, 5) is 18.1. The molecule has 0 spiro atoms. The van der Waals surface area contributed by atoms with Gasteiger partial charge in [0.05, 0.1) is 23.0 Å². The number of likely N-dealkylation sites (N-methyl/N-ethyl adjacent to an activating group) is 1. The summed E-state index contributed by atoms with van der Waals surface area (Å²) >= 11 is 0. The van der Waals surface area contributed by atoms with Gasteiger partial charge in [0, 0.05) is 19.3 Å². The molecule has 0 bridgehead atoms. The maximum Gasteiger partial charge on any atom is 0.417 e. The third-order valence-corrected chi connectivity index (χ3v) is 3.66. The molecule has 8 heteroatoms. The van der Waals surface area contributed by atoms with Crippen molar-refractivity contribution in [3.8, 4) is 5.82 Å². The molecule has 0 aromatic carbocycles. The molecule has 0 fully saturated rings. The summed E-state index contributed by atoms with van der Waals surface area (Å²) in [7, 11) is 0. The van der Waals surface area contributed by atoms with Crippen LogP contribution in [-0.4, -0.2) is 38.7 Å². The lowest BCUT2D eigenvalue weighted by Crippen LogP contribution is -2.32. The van der Waals surface area contributed by atoms with Gasteiger partial charge in [0.2, 0.25) is 0 Å². The van der Waals surface area contributed by atoms with Gasteiger partial charge in [0.15, 0.2) is 5.82 Å². The fourth-order valence-electron chi connectivity index (χ4n) is 2.35. The number of aromatic nitrogens is 3. The van der Waals surface area contributed by atoms with Crippen LogP contribution in [0.25, 0.3) is 5.82 Å². The van der Waals surface area contributed by atoms with Crippen molar-refractivity contribution in [2.45, 2.75) is 26.9 Å². The molecule has 0 unspecified atom stereocenters. The minimum Gasteiger partial charge on any atom is -0.335 e. The summed E-state index contributed by atoms with van der Waals surface area (Å²) in [6, 6.07) is 2.16. The van der Waals surface area contributed by atoms with E-state index in [-0.39, 0.29) is 11.7 Å². The second kappa shape index (κ2) is 7.08. The smallest absolute Gasteiger partial charge is 0.335 e. The SMILES string of the molecule is C=C(C)CN(CC)C(=O)c1cnn(-c2ccc(C(F)(F)F)cn2)c1C. The molecular formula is C17H19F3N4O. The summed E-state index contributed by atoms with van der Waals surface area (Å²) in [6.45, 7) is 10.1. The molecular weight excluding hydrogens is 333 g/mol.